The van der Waals surface area contributed by atoms with Crippen molar-refractivity contribution < 1.29 is 19.3 Å². The maximum Gasteiger partial charge on any atom is 0.258 e. The maximum absolute atomic E-state index is 11.7. The Kier molecular flexibility index (Phi) is 4.05. The molecule has 0 spiro atoms. The van der Waals surface area contributed by atoms with Gasteiger partial charge in [0.05, 0.1) is 11.3 Å². The molecular weight excluding hydrogens is 320 g/mol. The molecule has 0 aromatic heterocycles. The Balaban J connectivity index is 1.50. The van der Waals surface area contributed by atoms with Crippen LogP contribution in [0.4, 0.5) is 5.69 Å². The van der Waals surface area contributed by atoms with Gasteiger partial charge in [-0.05, 0) is 35.2 Å². The number of imide groups is 1. The van der Waals surface area contributed by atoms with Gasteiger partial charge in [-0.1, -0.05) is 36.4 Å². The van der Waals surface area contributed by atoms with Crippen molar-refractivity contribution in [3.63, 3.8) is 0 Å². The van der Waals surface area contributed by atoms with Crippen LogP contribution in [0.15, 0.2) is 54.6 Å². The summed E-state index contributed by atoms with van der Waals surface area (Å²) in [5, 5.41) is 3.69. The molecule has 2 aliphatic rings. The second-order valence-electron chi connectivity index (χ2n) is 5.84. The number of hydrogen-bond acceptors (Lipinski definition) is 5. The van der Waals surface area contributed by atoms with E-state index in [1.807, 2.05) is 48.5 Å². The third-order valence-corrected chi connectivity index (χ3v) is 4.05. The van der Waals surface area contributed by atoms with Crippen LogP contribution < -0.4 is 10.5 Å². The molecule has 2 aromatic carbocycles. The first-order valence-corrected chi connectivity index (χ1v) is 8.00. The molecule has 2 aliphatic heterocycles. The largest absolute Gasteiger partial charge is 0.289 e. The minimum absolute atomic E-state index is 0.351. The number of carbonyl (C=O) groups is 2. The minimum Gasteiger partial charge on any atom is -0.289 e. The topological polar surface area (TPSA) is 67.9 Å². The predicted octanol–water partition coefficient (Wildman–Crippen LogP) is 2.00. The highest BCUT2D eigenvalue weighted by atomic mass is 17.0. The van der Waals surface area contributed by atoms with Gasteiger partial charge in [0.1, 0.15) is 13.2 Å². The minimum atomic E-state index is -0.368. The number of hydrogen-bond donors (Lipinski definition) is 1. The van der Waals surface area contributed by atoms with E-state index in [1.165, 1.54) is 11.3 Å². The van der Waals surface area contributed by atoms with Gasteiger partial charge in [-0.25, -0.2) is 9.68 Å². The summed E-state index contributed by atoms with van der Waals surface area (Å²) < 4.78 is 0. The molecule has 1 saturated heterocycles. The zero-order valence-corrected chi connectivity index (χ0v) is 13.4. The van der Waals surface area contributed by atoms with E-state index in [-0.39, 0.29) is 11.8 Å². The fourth-order valence-corrected chi connectivity index (χ4v) is 2.87. The van der Waals surface area contributed by atoms with E-state index in [2.05, 4.69) is 5.32 Å². The molecule has 126 valence electrons. The van der Waals surface area contributed by atoms with Crippen molar-refractivity contribution in [1.82, 2.24) is 5.32 Å². The van der Waals surface area contributed by atoms with Crippen LogP contribution in [0, 0.1) is 0 Å². The van der Waals surface area contributed by atoms with Crippen LogP contribution >= 0.6 is 0 Å². The lowest BCUT2D eigenvalue weighted by Crippen LogP contribution is -2.21. The van der Waals surface area contributed by atoms with Gasteiger partial charge in [-0.2, -0.15) is 0 Å². The molecule has 4 rings (SSSR count). The Morgan fingerprint density at radius 2 is 1.72 bits per heavy atom. The van der Waals surface area contributed by atoms with E-state index in [1.54, 1.807) is 0 Å². The van der Waals surface area contributed by atoms with Crippen LogP contribution in [0.3, 0.4) is 0 Å². The molecule has 0 radical (unpaired) electrons. The molecule has 1 fully saturated rings. The SMILES string of the molecule is O=C1C=C(c2ccc(Cc3cccc(N4OCCO4)c3)cc2)C(=O)N1. The number of rotatable bonds is 4. The number of benzene rings is 2. The Labute approximate surface area is 144 Å². The smallest absolute Gasteiger partial charge is 0.258 e. The van der Waals surface area contributed by atoms with Crippen LogP contribution in [-0.2, 0) is 25.7 Å². The van der Waals surface area contributed by atoms with Gasteiger partial charge in [0.2, 0.25) is 0 Å². The summed E-state index contributed by atoms with van der Waals surface area (Å²) in [7, 11) is 0. The first kappa shape index (κ1) is 15.6. The summed E-state index contributed by atoms with van der Waals surface area (Å²) in [5.41, 5.74) is 4.23. The molecule has 0 atom stereocenters. The highest BCUT2D eigenvalue weighted by molar-refractivity contribution is 6.33. The lowest BCUT2D eigenvalue weighted by Gasteiger charge is -2.14. The molecule has 2 heterocycles. The van der Waals surface area contributed by atoms with E-state index in [9.17, 15) is 9.59 Å². The molecule has 0 unspecified atom stereocenters. The summed E-state index contributed by atoms with van der Waals surface area (Å²) in [6.07, 6.45) is 2.07. The Morgan fingerprint density at radius 1 is 0.960 bits per heavy atom. The molecule has 25 heavy (non-hydrogen) atoms. The van der Waals surface area contributed by atoms with Crippen LogP contribution in [0.1, 0.15) is 16.7 Å². The first-order valence-electron chi connectivity index (χ1n) is 8.00. The third kappa shape index (κ3) is 3.31. The monoisotopic (exact) mass is 336 g/mol. The van der Waals surface area contributed by atoms with Crippen molar-refractivity contribution in [3.8, 4) is 0 Å². The summed E-state index contributed by atoms with van der Waals surface area (Å²) >= 11 is 0. The Morgan fingerprint density at radius 3 is 2.40 bits per heavy atom. The molecule has 6 heteroatoms. The van der Waals surface area contributed by atoms with E-state index < -0.39 is 0 Å². The van der Waals surface area contributed by atoms with Crippen molar-refractivity contribution >= 4 is 23.1 Å². The highest BCUT2D eigenvalue weighted by Crippen LogP contribution is 2.23. The molecule has 2 aromatic rings. The quantitative estimate of drug-likeness (QED) is 0.865. The van der Waals surface area contributed by atoms with Crippen molar-refractivity contribution in [3.05, 3.63) is 71.3 Å². The lowest BCUT2D eigenvalue weighted by molar-refractivity contribution is -0.123. The number of anilines is 1. The molecule has 0 bridgehead atoms. The zero-order chi connectivity index (χ0) is 17.2. The van der Waals surface area contributed by atoms with Crippen LogP contribution in [-0.4, -0.2) is 25.0 Å². The number of nitrogens with one attached hydrogen (secondary N) is 1. The van der Waals surface area contributed by atoms with Crippen LogP contribution in [0.25, 0.3) is 5.57 Å². The van der Waals surface area contributed by atoms with Gasteiger partial charge in [0.25, 0.3) is 11.8 Å². The summed E-state index contributed by atoms with van der Waals surface area (Å²) in [6.45, 7) is 1.11. The van der Waals surface area contributed by atoms with Crippen molar-refractivity contribution in [2.75, 3.05) is 18.4 Å². The molecule has 1 N–H and O–H groups in total. The van der Waals surface area contributed by atoms with Crippen molar-refractivity contribution in [2.24, 2.45) is 0 Å². The van der Waals surface area contributed by atoms with Crippen molar-refractivity contribution in [2.45, 2.75) is 6.42 Å². The van der Waals surface area contributed by atoms with E-state index >= 15 is 0 Å². The Hall–Kier alpha value is -2.96. The summed E-state index contributed by atoms with van der Waals surface area (Å²) in [5.74, 6) is -0.719. The van der Waals surface area contributed by atoms with Gasteiger partial charge in [-0.15, -0.1) is 5.23 Å². The molecule has 6 nitrogen and oxygen atoms in total. The van der Waals surface area contributed by atoms with Crippen LogP contribution in [0.2, 0.25) is 0 Å². The fourth-order valence-electron chi connectivity index (χ4n) is 2.87. The second kappa shape index (κ2) is 6.51. The fraction of sp³-hybridized carbons (Fsp3) is 0.158. The van der Waals surface area contributed by atoms with Crippen molar-refractivity contribution in [1.29, 1.82) is 0 Å². The standard InChI is InChI=1S/C19H16N2O4/c22-18-12-17(19(23)20-18)15-6-4-13(5-7-15)10-14-2-1-3-16(11-14)21-24-8-9-25-21/h1-7,11-12H,8-10H2,(H,20,22,23). The van der Waals surface area contributed by atoms with Crippen LogP contribution in [0.5, 0.6) is 0 Å². The molecule has 0 saturated carbocycles. The second-order valence-corrected chi connectivity index (χ2v) is 5.84. The normalized spacial score (nSPS) is 17.0. The third-order valence-electron chi connectivity index (χ3n) is 4.05. The molecule has 2 amide bonds. The van der Waals surface area contributed by atoms with Gasteiger partial charge in [0, 0.05) is 6.08 Å². The Bertz CT molecular complexity index is 852. The maximum atomic E-state index is 11.7. The number of nitrogens with zero attached hydrogens (tertiary/aromatic N) is 1. The summed E-state index contributed by atoms with van der Waals surface area (Å²) in [6, 6.07) is 15.6. The molecule has 0 aliphatic carbocycles. The number of amides is 2. The van der Waals surface area contributed by atoms with E-state index in [0.717, 1.165) is 28.8 Å². The van der Waals surface area contributed by atoms with Gasteiger partial charge >= 0.3 is 0 Å². The van der Waals surface area contributed by atoms with Gasteiger partial charge in [0.15, 0.2) is 0 Å². The average Bonchev–Trinajstić information content (AvgIpc) is 3.26. The zero-order valence-electron chi connectivity index (χ0n) is 13.4. The first-order chi connectivity index (χ1) is 12.2. The van der Waals surface area contributed by atoms with Gasteiger partial charge in [-0.3, -0.25) is 14.9 Å². The van der Waals surface area contributed by atoms with E-state index in [0.29, 0.717) is 18.8 Å². The van der Waals surface area contributed by atoms with E-state index in [4.69, 9.17) is 9.68 Å². The molecular formula is C19H16N2O4. The van der Waals surface area contributed by atoms with Gasteiger partial charge < -0.3 is 0 Å². The highest BCUT2D eigenvalue weighted by Gasteiger charge is 2.21. The average molecular weight is 336 g/mol. The predicted molar refractivity (Wildman–Crippen MR) is 91.2 cm³/mol. The number of carbonyl (C=O) groups excluding carboxylic acids is 2. The lowest BCUT2D eigenvalue weighted by atomic mass is 10.0. The summed E-state index contributed by atoms with van der Waals surface area (Å²) in [4.78, 5) is 33.7.